The number of benzene rings is 2. The van der Waals surface area contributed by atoms with Gasteiger partial charge in [0.25, 0.3) is 5.91 Å². The molecular formula is C21H24F2N2O6. The second kappa shape index (κ2) is 11.0. The zero-order valence-corrected chi connectivity index (χ0v) is 17.6. The summed E-state index contributed by atoms with van der Waals surface area (Å²) in [4.78, 5) is 26.1. The highest BCUT2D eigenvalue weighted by Gasteiger charge is 2.16. The van der Waals surface area contributed by atoms with Gasteiger partial charge in [0.15, 0.2) is 23.0 Å². The number of carbonyl (C=O) groups is 2. The van der Waals surface area contributed by atoms with Crippen molar-refractivity contribution in [3.8, 4) is 23.0 Å². The first kappa shape index (κ1) is 23.7. The molecule has 0 aromatic heterocycles. The number of rotatable bonds is 10. The molecule has 2 amide bonds. The highest BCUT2D eigenvalue weighted by Crippen LogP contribution is 2.30. The van der Waals surface area contributed by atoms with Gasteiger partial charge < -0.3 is 29.2 Å². The third-order valence-corrected chi connectivity index (χ3v) is 4.34. The van der Waals surface area contributed by atoms with E-state index < -0.39 is 12.5 Å². The van der Waals surface area contributed by atoms with Gasteiger partial charge in [-0.1, -0.05) is 6.07 Å². The topological polar surface area (TPSA) is 86.3 Å². The fourth-order valence-electron chi connectivity index (χ4n) is 2.74. The molecular weight excluding hydrogens is 414 g/mol. The van der Waals surface area contributed by atoms with E-state index in [2.05, 4.69) is 10.1 Å². The van der Waals surface area contributed by atoms with Crippen molar-refractivity contribution in [1.29, 1.82) is 0 Å². The molecule has 168 valence electrons. The maximum Gasteiger partial charge on any atom is 0.387 e. The lowest BCUT2D eigenvalue weighted by atomic mass is 10.2. The number of alkyl halides is 2. The maximum absolute atomic E-state index is 12.4. The van der Waals surface area contributed by atoms with Crippen LogP contribution in [0.15, 0.2) is 36.4 Å². The molecule has 8 nitrogen and oxygen atoms in total. The van der Waals surface area contributed by atoms with Crippen molar-refractivity contribution in [2.24, 2.45) is 0 Å². The molecule has 0 unspecified atom stereocenters. The smallest absolute Gasteiger partial charge is 0.387 e. The van der Waals surface area contributed by atoms with E-state index in [4.69, 9.17) is 14.2 Å². The van der Waals surface area contributed by atoms with Gasteiger partial charge in [0, 0.05) is 19.2 Å². The number of nitrogens with zero attached hydrogens (tertiary/aromatic N) is 1. The number of nitrogens with one attached hydrogen (secondary N) is 1. The second-order valence-electron chi connectivity index (χ2n) is 6.37. The number of amides is 2. The van der Waals surface area contributed by atoms with E-state index in [9.17, 15) is 18.4 Å². The van der Waals surface area contributed by atoms with E-state index in [-0.39, 0.29) is 30.5 Å². The zero-order chi connectivity index (χ0) is 23.0. The first-order valence-electron chi connectivity index (χ1n) is 9.15. The van der Waals surface area contributed by atoms with Gasteiger partial charge in [-0.25, -0.2) is 0 Å². The third-order valence-electron chi connectivity index (χ3n) is 4.34. The van der Waals surface area contributed by atoms with Crippen molar-refractivity contribution in [3.63, 3.8) is 0 Å². The van der Waals surface area contributed by atoms with Crippen LogP contribution in [0, 0.1) is 0 Å². The molecule has 0 aliphatic carbocycles. The summed E-state index contributed by atoms with van der Waals surface area (Å²) in [6.07, 6.45) is 0. The van der Waals surface area contributed by atoms with Crippen LogP contribution in [-0.2, 0) is 11.3 Å². The van der Waals surface area contributed by atoms with E-state index in [0.29, 0.717) is 22.6 Å². The molecule has 0 heterocycles. The van der Waals surface area contributed by atoms with Crippen LogP contribution in [0.2, 0.25) is 0 Å². The van der Waals surface area contributed by atoms with Gasteiger partial charge in [-0.15, -0.1) is 0 Å². The summed E-state index contributed by atoms with van der Waals surface area (Å²) in [6.45, 7) is -3.03. The molecule has 2 aromatic rings. The van der Waals surface area contributed by atoms with Crippen LogP contribution in [0.3, 0.4) is 0 Å². The summed E-state index contributed by atoms with van der Waals surface area (Å²) in [5, 5.41) is 2.55. The Hall–Kier alpha value is -3.56. The van der Waals surface area contributed by atoms with Crippen molar-refractivity contribution < 1.29 is 37.3 Å². The lowest BCUT2D eigenvalue weighted by molar-refractivity contribution is -0.129. The molecule has 10 heteroatoms. The molecule has 0 radical (unpaired) electrons. The molecule has 1 N–H and O–H groups in total. The van der Waals surface area contributed by atoms with Gasteiger partial charge in [0.05, 0.1) is 27.9 Å². The lowest BCUT2D eigenvalue weighted by Crippen LogP contribution is -2.37. The Bertz CT molecular complexity index is 923. The number of carbonyl (C=O) groups excluding carboxylic acids is 2. The van der Waals surface area contributed by atoms with Crippen LogP contribution in [0.25, 0.3) is 0 Å². The van der Waals surface area contributed by atoms with Crippen LogP contribution >= 0.6 is 0 Å². The lowest BCUT2D eigenvalue weighted by Gasteiger charge is -2.19. The molecule has 31 heavy (non-hydrogen) atoms. The van der Waals surface area contributed by atoms with Gasteiger partial charge in [-0.05, 0) is 35.9 Å². The van der Waals surface area contributed by atoms with Crippen molar-refractivity contribution in [2.45, 2.75) is 13.2 Å². The summed E-state index contributed by atoms with van der Waals surface area (Å²) >= 11 is 0. The quantitative estimate of drug-likeness (QED) is 0.614. The van der Waals surface area contributed by atoms with Gasteiger partial charge in [-0.3, -0.25) is 9.59 Å². The molecule has 0 aliphatic rings. The Morgan fingerprint density at radius 1 is 0.935 bits per heavy atom. The molecule has 0 saturated carbocycles. The number of ether oxygens (including phenoxy) is 4. The predicted molar refractivity (Wildman–Crippen MR) is 108 cm³/mol. The Kier molecular flexibility index (Phi) is 8.42. The molecule has 0 atom stereocenters. The summed E-state index contributed by atoms with van der Waals surface area (Å²) in [6, 6.07) is 9.06. The number of hydrogen-bond acceptors (Lipinski definition) is 6. The minimum Gasteiger partial charge on any atom is -0.493 e. The van der Waals surface area contributed by atoms with Crippen molar-refractivity contribution in [2.75, 3.05) is 34.9 Å². The Morgan fingerprint density at radius 2 is 1.55 bits per heavy atom. The summed E-state index contributed by atoms with van der Waals surface area (Å²) in [5.74, 6) is 0.110. The molecule has 0 bridgehead atoms. The van der Waals surface area contributed by atoms with E-state index in [1.807, 2.05) is 0 Å². The molecule has 0 spiro atoms. The van der Waals surface area contributed by atoms with Crippen LogP contribution in [0.1, 0.15) is 15.9 Å². The van der Waals surface area contributed by atoms with E-state index in [1.165, 1.54) is 44.4 Å². The van der Waals surface area contributed by atoms with Crippen LogP contribution in [0.5, 0.6) is 23.0 Å². The molecule has 2 aromatic carbocycles. The van der Waals surface area contributed by atoms with E-state index in [0.717, 1.165) is 0 Å². The first-order valence-corrected chi connectivity index (χ1v) is 9.15. The molecule has 0 aliphatic heterocycles. The Morgan fingerprint density at radius 3 is 2.16 bits per heavy atom. The summed E-state index contributed by atoms with van der Waals surface area (Å²) in [7, 11) is 5.83. The SMILES string of the molecule is COc1ccc(C(=O)NCC(=O)N(C)Cc2ccc(OC(F)F)c(OC)c2)cc1OC. The normalized spacial score (nSPS) is 10.4. The van der Waals surface area contributed by atoms with Gasteiger partial charge in [0.1, 0.15) is 0 Å². The largest absolute Gasteiger partial charge is 0.493 e. The summed E-state index contributed by atoms with van der Waals surface area (Å²) < 4.78 is 44.6. The predicted octanol–water partition coefficient (Wildman–Crippen LogP) is 2.70. The van der Waals surface area contributed by atoms with Crippen LogP contribution in [0.4, 0.5) is 8.78 Å². The first-order chi connectivity index (χ1) is 14.8. The van der Waals surface area contributed by atoms with Crippen molar-refractivity contribution >= 4 is 11.8 Å². The Labute approximate surface area is 178 Å². The monoisotopic (exact) mass is 438 g/mol. The zero-order valence-electron chi connectivity index (χ0n) is 17.6. The highest BCUT2D eigenvalue weighted by atomic mass is 19.3. The fraction of sp³-hybridized carbons (Fsp3) is 0.333. The standard InChI is InChI=1S/C21H24F2N2O6/c1-25(12-13-5-7-16(31-21(22)23)17(9-13)29-3)19(26)11-24-20(27)14-6-8-15(28-2)18(10-14)30-4/h5-10,21H,11-12H2,1-4H3,(H,24,27). The van der Waals surface area contributed by atoms with E-state index >= 15 is 0 Å². The maximum atomic E-state index is 12.4. The van der Waals surface area contributed by atoms with Gasteiger partial charge in [-0.2, -0.15) is 8.78 Å². The summed E-state index contributed by atoms with van der Waals surface area (Å²) in [5.41, 5.74) is 0.952. The average Bonchev–Trinajstić information content (AvgIpc) is 2.77. The van der Waals surface area contributed by atoms with Crippen LogP contribution in [-0.4, -0.2) is 58.2 Å². The van der Waals surface area contributed by atoms with Gasteiger partial charge in [0.2, 0.25) is 5.91 Å². The molecule has 0 saturated heterocycles. The fourth-order valence-corrected chi connectivity index (χ4v) is 2.74. The molecule has 2 rings (SSSR count). The minimum absolute atomic E-state index is 0.0996. The van der Waals surface area contributed by atoms with Gasteiger partial charge >= 0.3 is 6.61 Å². The highest BCUT2D eigenvalue weighted by molar-refractivity contribution is 5.97. The van der Waals surface area contributed by atoms with Crippen molar-refractivity contribution in [3.05, 3.63) is 47.5 Å². The second-order valence-corrected chi connectivity index (χ2v) is 6.37. The number of likely N-dealkylation sites (N-methyl/N-ethyl adjacent to an activating group) is 1. The van der Waals surface area contributed by atoms with Crippen molar-refractivity contribution in [1.82, 2.24) is 10.2 Å². The van der Waals surface area contributed by atoms with Crippen LogP contribution < -0.4 is 24.3 Å². The minimum atomic E-state index is -2.97. The van der Waals surface area contributed by atoms with E-state index in [1.54, 1.807) is 25.2 Å². The Balaban J connectivity index is 1.96. The third kappa shape index (κ3) is 6.46. The number of methoxy groups -OCH3 is 3. The number of halogens is 2. The molecule has 0 fully saturated rings. The average molecular weight is 438 g/mol. The number of hydrogen-bond donors (Lipinski definition) is 1.